The van der Waals surface area contributed by atoms with Gasteiger partial charge in [-0.25, -0.2) is 4.79 Å². The minimum Gasteiger partial charge on any atom is -0.493 e. The molecule has 2 aromatic rings. The number of benzene rings is 2. The van der Waals surface area contributed by atoms with Crippen LogP contribution in [0.4, 0.5) is 0 Å². The molecule has 120 valence electrons. The zero-order chi connectivity index (χ0) is 16.2. The van der Waals surface area contributed by atoms with Gasteiger partial charge in [-0.1, -0.05) is 30.3 Å². The monoisotopic (exact) mass is 314 g/mol. The number of aliphatic carboxylic acids is 1. The molecule has 5 nitrogen and oxygen atoms in total. The van der Waals surface area contributed by atoms with Gasteiger partial charge in [-0.3, -0.25) is 0 Å². The van der Waals surface area contributed by atoms with E-state index in [0.29, 0.717) is 36.7 Å². The predicted octanol–water partition coefficient (Wildman–Crippen LogP) is 3.05. The van der Waals surface area contributed by atoms with Crippen LogP contribution in [0.5, 0.6) is 17.2 Å². The Balaban J connectivity index is 1.82. The maximum atomic E-state index is 11.1. The lowest BCUT2D eigenvalue weighted by Crippen LogP contribution is -2.30. The number of hydrogen-bond acceptors (Lipinski definition) is 4. The van der Waals surface area contributed by atoms with Crippen LogP contribution in [0.25, 0.3) is 0 Å². The van der Waals surface area contributed by atoms with E-state index in [1.165, 1.54) is 0 Å². The Morgan fingerprint density at radius 2 is 2.04 bits per heavy atom. The van der Waals surface area contributed by atoms with Crippen molar-refractivity contribution in [2.45, 2.75) is 25.6 Å². The third kappa shape index (κ3) is 3.39. The Labute approximate surface area is 134 Å². The molecule has 1 heterocycles. The summed E-state index contributed by atoms with van der Waals surface area (Å²) < 4.78 is 16.8. The molecule has 0 aliphatic carbocycles. The maximum absolute atomic E-state index is 11.1. The molecule has 1 aliphatic heterocycles. The molecule has 1 atom stereocenters. The minimum absolute atomic E-state index is 0.401. The van der Waals surface area contributed by atoms with E-state index in [1.54, 1.807) is 13.2 Å². The van der Waals surface area contributed by atoms with Crippen molar-refractivity contribution in [3.8, 4) is 17.2 Å². The third-order valence-corrected chi connectivity index (χ3v) is 3.80. The summed E-state index contributed by atoms with van der Waals surface area (Å²) in [7, 11) is 1.58. The van der Waals surface area contributed by atoms with E-state index in [2.05, 4.69) is 0 Å². The van der Waals surface area contributed by atoms with Gasteiger partial charge in [0.2, 0.25) is 0 Å². The van der Waals surface area contributed by atoms with E-state index < -0.39 is 12.1 Å². The number of rotatable bonds is 5. The Kier molecular flexibility index (Phi) is 4.37. The zero-order valence-electron chi connectivity index (χ0n) is 12.8. The zero-order valence-corrected chi connectivity index (χ0v) is 12.8. The molecule has 0 saturated carbocycles. The molecule has 0 saturated heterocycles. The first-order valence-electron chi connectivity index (χ1n) is 7.44. The quantitative estimate of drug-likeness (QED) is 0.919. The van der Waals surface area contributed by atoms with Crippen molar-refractivity contribution in [1.82, 2.24) is 0 Å². The molecule has 1 N–H and O–H groups in total. The molecule has 0 fully saturated rings. The number of hydrogen-bond donors (Lipinski definition) is 1. The van der Waals surface area contributed by atoms with Gasteiger partial charge in [0.25, 0.3) is 0 Å². The maximum Gasteiger partial charge on any atom is 0.344 e. The van der Waals surface area contributed by atoms with Crippen LogP contribution in [-0.2, 0) is 17.8 Å². The molecule has 3 rings (SSSR count). The molecule has 0 spiro atoms. The van der Waals surface area contributed by atoms with E-state index in [0.717, 1.165) is 11.1 Å². The first-order chi connectivity index (χ1) is 11.2. The summed E-state index contributed by atoms with van der Waals surface area (Å²) in [5, 5.41) is 9.10. The molecule has 0 bridgehead atoms. The van der Waals surface area contributed by atoms with Crippen molar-refractivity contribution in [2.75, 3.05) is 7.11 Å². The van der Waals surface area contributed by atoms with Crippen molar-refractivity contribution in [3.63, 3.8) is 0 Å². The van der Waals surface area contributed by atoms with Gasteiger partial charge in [-0.15, -0.1) is 0 Å². The molecule has 1 aliphatic rings. The molecular formula is C18H18O5. The predicted molar refractivity (Wildman–Crippen MR) is 84.1 cm³/mol. The molecule has 5 heteroatoms. The average molecular weight is 314 g/mol. The lowest BCUT2D eigenvalue weighted by molar-refractivity contribution is -0.145. The van der Waals surface area contributed by atoms with Crippen LogP contribution < -0.4 is 14.2 Å². The fourth-order valence-electron chi connectivity index (χ4n) is 2.57. The topological polar surface area (TPSA) is 65.0 Å². The van der Waals surface area contributed by atoms with Crippen molar-refractivity contribution in [3.05, 3.63) is 53.6 Å². The number of methoxy groups -OCH3 is 1. The summed E-state index contributed by atoms with van der Waals surface area (Å²) in [4.78, 5) is 11.1. The summed E-state index contributed by atoms with van der Waals surface area (Å²) in [5.74, 6) is 0.768. The van der Waals surface area contributed by atoms with Crippen LogP contribution in [-0.4, -0.2) is 24.3 Å². The van der Waals surface area contributed by atoms with Crippen LogP contribution in [0, 0.1) is 0 Å². The molecule has 23 heavy (non-hydrogen) atoms. The second-order valence-electron chi connectivity index (χ2n) is 5.37. The molecular weight excluding hydrogens is 296 g/mol. The Morgan fingerprint density at radius 3 is 2.74 bits per heavy atom. The van der Waals surface area contributed by atoms with Gasteiger partial charge in [-0.2, -0.15) is 0 Å². The van der Waals surface area contributed by atoms with Gasteiger partial charge < -0.3 is 19.3 Å². The van der Waals surface area contributed by atoms with Gasteiger partial charge in [0.15, 0.2) is 17.6 Å². The molecule has 0 aromatic heterocycles. The first kappa shape index (κ1) is 15.2. The number of fused-ring (bicyclic) bond motifs is 1. The number of aryl methyl sites for hydroxylation is 1. The van der Waals surface area contributed by atoms with Crippen molar-refractivity contribution in [2.24, 2.45) is 0 Å². The number of carboxylic acid groups (broad SMARTS) is 1. The van der Waals surface area contributed by atoms with Gasteiger partial charge >= 0.3 is 5.97 Å². The molecule has 0 radical (unpaired) electrons. The lowest BCUT2D eigenvalue weighted by Gasteiger charge is -2.24. The largest absolute Gasteiger partial charge is 0.493 e. The third-order valence-electron chi connectivity index (χ3n) is 3.80. The highest BCUT2D eigenvalue weighted by Crippen LogP contribution is 2.38. The highest BCUT2D eigenvalue weighted by Gasteiger charge is 2.27. The molecule has 2 aromatic carbocycles. The number of ether oxygens (including phenoxy) is 3. The van der Waals surface area contributed by atoms with Gasteiger partial charge in [0, 0.05) is 6.07 Å². The highest BCUT2D eigenvalue weighted by molar-refractivity contribution is 5.73. The summed E-state index contributed by atoms with van der Waals surface area (Å²) in [5.41, 5.74) is 1.98. The van der Waals surface area contributed by atoms with E-state index in [4.69, 9.17) is 19.3 Å². The standard InChI is InChI=1S/C18H18O5/c1-21-16-9-13-7-8-14(18(19)20)23-15(13)10-17(16)22-11-12-5-3-2-4-6-12/h2-6,9-10,14H,7-8,11H2,1H3,(H,19,20). The summed E-state index contributed by atoms with van der Waals surface area (Å²) in [6.07, 6.45) is 0.287. The molecule has 0 amide bonds. The smallest absolute Gasteiger partial charge is 0.344 e. The lowest BCUT2D eigenvalue weighted by atomic mass is 10.0. The average Bonchev–Trinajstić information content (AvgIpc) is 2.59. The summed E-state index contributed by atoms with van der Waals surface area (Å²) in [6, 6.07) is 13.4. The van der Waals surface area contributed by atoms with Gasteiger partial charge in [-0.05, 0) is 30.0 Å². The Morgan fingerprint density at radius 1 is 1.26 bits per heavy atom. The first-order valence-corrected chi connectivity index (χ1v) is 7.44. The van der Waals surface area contributed by atoms with Crippen LogP contribution in [0.1, 0.15) is 17.5 Å². The Hall–Kier alpha value is -2.69. The minimum atomic E-state index is -0.946. The van der Waals surface area contributed by atoms with Crippen LogP contribution in [0.15, 0.2) is 42.5 Å². The second kappa shape index (κ2) is 6.60. The van der Waals surface area contributed by atoms with E-state index in [9.17, 15) is 4.79 Å². The summed E-state index contributed by atoms with van der Waals surface area (Å²) in [6.45, 7) is 0.401. The van der Waals surface area contributed by atoms with Gasteiger partial charge in [0.1, 0.15) is 12.4 Å². The number of carboxylic acids is 1. The van der Waals surface area contributed by atoms with Crippen molar-refractivity contribution < 1.29 is 24.1 Å². The van der Waals surface area contributed by atoms with E-state index >= 15 is 0 Å². The van der Waals surface area contributed by atoms with E-state index in [1.807, 2.05) is 36.4 Å². The van der Waals surface area contributed by atoms with Crippen LogP contribution >= 0.6 is 0 Å². The van der Waals surface area contributed by atoms with E-state index in [-0.39, 0.29) is 0 Å². The fourth-order valence-corrected chi connectivity index (χ4v) is 2.57. The second-order valence-corrected chi connectivity index (χ2v) is 5.37. The molecule has 1 unspecified atom stereocenters. The normalized spacial score (nSPS) is 16.1. The van der Waals surface area contributed by atoms with Crippen LogP contribution in [0.2, 0.25) is 0 Å². The number of carbonyl (C=O) groups is 1. The SMILES string of the molecule is COc1cc2c(cc1OCc1ccccc1)OC(C(=O)O)CC2. The van der Waals surface area contributed by atoms with Crippen LogP contribution in [0.3, 0.4) is 0 Å². The van der Waals surface area contributed by atoms with Crippen molar-refractivity contribution >= 4 is 5.97 Å². The Bertz CT molecular complexity index is 696. The summed E-state index contributed by atoms with van der Waals surface area (Å²) >= 11 is 0. The van der Waals surface area contributed by atoms with Crippen molar-refractivity contribution in [1.29, 1.82) is 0 Å². The highest BCUT2D eigenvalue weighted by atomic mass is 16.5. The van der Waals surface area contributed by atoms with Gasteiger partial charge in [0.05, 0.1) is 7.11 Å². The fraction of sp³-hybridized carbons (Fsp3) is 0.278.